The van der Waals surface area contributed by atoms with E-state index in [4.69, 9.17) is 19.9 Å². The van der Waals surface area contributed by atoms with Crippen molar-refractivity contribution >= 4 is 35.6 Å². The number of nitrogens with one attached hydrogen (secondary N) is 1. The minimum atomic E-state index is 0. The average Bonchev–Trinajstić information content (AvgIpc) is 2.59. The van der Waals surface area contributed by atoms with Gasteiger partial charge in [-0.15, -0.1) is 24.0 Å². The van der Waals surface area contributed by atoms with Gasteiger partial charge in [0.2, 0.25) is 0 Å². The quantitative estimate of drug-likeness (QED) is 0.407. The van der Waals surface area contributed by atoms with Gasteiger partial charge in [0.15, 0.2) is 17.5 Å². The third kappa shape index (κ3) is 5.19. The summed E-state index contributed by atoms with van der Waals surface area (Å²) in [5, 5.41) is 3.03. The number of benzene rings is 2. The maximum atomic E-state index is 5.93. The number of rotatable bonds is 6. The summed E-state index contributed by atoms with van der Waals surface area (Å²) in [6.45, 7) is 0.378. The predicted octanol–water partition coefficient (Wildman–Crippen LogP) is 3.26. The summed E-state index contributed by atoms with van der Waals surface area (Å²) < 4.78 is 15.8. The van der Waals surface area contributed by atoms with Crippen LogP contribution in [0.25, 0.3) is 0 Å². The molecule has 0 aliphatic rings. The van der Waals surface area contributed by atoms with Gasteiger partial charge in [0.05, 0.1) is 27.9 Å². The first-order valence-electron chi connectivity index (χ1n) is 7.08. The number of anilines is 1. The average molecular weight is 443 g/mol. The number of nitrogens with two attached hydrogens (primary N) is 1. The van der Waals surface area contributed by atoms with E-state index in [1.807, 2.05) is 42.5 Å². The molecule has 0 spiro atoms. The lowest BCUT2D eigenvalue weighted by Crippen LogP contribution is -2.22. The van der Waals surface area contributed by atoms with Crippen molar-refractivity contribution in [2.75, 3.05) is 26.6 Å². The minimum Gasteiger partial charge on any atom is -0.497 e. The van der Waals surface area contributed by atoms with Crippen LogP contribution in [-0.2, 0) is 6.54 Å². The van der Waals surface area contributed by atoms with E-state index in [2.05, 4.69) is 10.3 Å². The predicted molar refractivity (Wildman–Crippen MR) is 107 cm³/mol. The van der Waals surface area contributed by atoms with Crippen molar-refractivity contribution in [3.63, 3.8) is 0 Å². The largest absolute Gasteiger partial charge is 0.497 e. The molecule has 0 atom stereocenters. The van der Waals surface area contributed by atoms with Crippen LogP contribution in [0.5, 0.6) is 17.2 Å². The van der Waals surface area contributed by atoms with E-state index in [9.17, 15) is 0 Å². The zero-order chi connectivity index (χ0) is 16.7. The van der Waals surface area contributed by atoms with Gasteiger partial charge in [-0.05, 0) is 18.2 Å². The summed E-state index contributed by atoms with van der Waals surface area (Å²) in [4.78, 5) is 4.34. The van der Waals surface area contributed by atoms with E-state index in [-0.39, 0.29) is 24.0 Å². The highest BCUT2D eigenvalue weighted by Crippen LogP contribution is 2.31. The first-order valence-corrected chi connectivity index (χ1v) is 7.08. The van der Waals surface area contributed by atoms with Gasteiger partial charge in [-0.25, -0.2) is 4.99 Å². The summed E-state index contributed by atoms with van der Waals surface area (Å²) in [6, 6.07) is 13.1. The van der Waals surface area contributed by atoms with Crippen LogP contribution in [0.3, 0.4) is 0 Å². The van der Waals surface area contributed by atoms with E-state index in [0.717, 1.165) is 17.0 Å². The molecule has 0 unspecified atom stereocenters. The van der Waals surface area contributed by atoms with Crippen molar-refractivity contribution in [3.05, 3.63) is 48.0 Å². The number of halogens is 1. The Morgan fingerprint density at radius 3 is 2.46 bits per heavy atom. The second kappa shape index (κ2) is 9.86. The molecular weight excluding hydrogens is 421 g/mol. The Balaban J connectivity index is 0.00000288. The smallest absolute Gasteiger partial charge is 0.193 e. The van der Waals surface area contributed by atoms with Crippen LogP contribution >= 0.6 is 24.0 Å². The fourth-order valence-corrected chi connectivity index (χ4v) is 2.14. The van der Waals surface area contributed by atoms with Crippen LogP contribution in [0, 0.1) is 0 Å². The highest BCUT2D eigenvalue weighted by atomic mass is 127. The van der Waals surface area contributed by atoms with E-state index in [1.54, 1.807) is 21.3 Å². The van der Waals surface area contributed by atoms with Crippen LogP contribution in [0.2, 0.25) is 0 Å². The summed E-state index contributed by atoms with van der Waals surface area (Å²) in [6.07, 6.45) is 0. The molecule has 0 radical (unpaired) electrons. The number of guanidine groups is 1. The molecular formula is C17H22IN3O3. The topological polar surface area (TPSA) is 78.1 Å². The second-order valence-electron chi connectivity index (χ2n) is 4.71. The van der Waals surface area contributed by atoms with Crippen LogP contribution in [0.1, 0.15) is 5.56 Å². The molecule has 7 heteroatoms. The molecule has 0 bridgehead atoms. The van der Waals surface area contributed by atoms with Crippen molar-refractivity contribution < 1.29 is 14.2 Å². The second-order valence-corrected chi connectivity index (χ2v) is 4.71. The Bertz CT molecular complexity index is 693. The Morgan fingerprint density at radius 2 is 1.79 bits per heavy atom. The molecule has 0 aliphatic heterocycles. The molecule has 0 saturated heterocycles. The van der Waals surface area contributed by atoms with Gasteiger partial charge < -0.3 is 25.3 Å². The SMILES string of the molecule is COc1cccc(NC(N)=NCc2cccc(OC)c2OC)c1.I. The van der Waals surface area contributed by atoms with Crippen LogP contribution < -0.4 is 25.3 Å². The molecule has 0 fully saturated rings. The fourth-order valence-electron chi connectivity index (χ4n) is 2.14. The van der Waals surface area contributed by atoms with Gasteiger partial charge >= 0.3 is 0 Å². The molecule has 130 valence electrons. The molecule has 0 amide bonds. The number of ether oxygens (including phenoxy) is 3. The number of hydrogen-bond acceptors (Lipinski definition) is 4. The third-order valence-electron chi connectivity index (χ3n) is 3.25. The molecule has 2 aromatic carbocycles. The Kier molecular flexibility index (Phi) is 8.17. The number of hydrogen-bond donors (Lipinski definition) is 2. The molecule has 2 rings (SSSR count). The van der Waals surface area contributed by atoms with Crippen LogP contribution in [-0.4, -0.2) is 27.3 Å². The molecule has 3 N–H and O–H groups in total. The van der Waals surface area contributed by atoms with Crippen molar-refractivity contribution in [1.29, 1.82) is 0 Å². The lowest BCUT2D eigenvalue weighted by atomic mass is 10.2. The highest BCUT2D eigenvalue weighted by Gasteiger charge is 2.08. The zero-order valence-corrected chi connectivity index (χ0v) is 16.2. The van der Waals surface area contributed by atoms with E-state index >= 15 is 0 Å². The molecule has 0 heterocycles. The molecule has 0 saturated carbocycles. The maximum Gasteiger partial charge on any atom is 0.193 e. The summed E-state index contributed by atoms with van der Waals surface area (Å²) in [7, 11) is 4.82. The monoisotopic (exact) mass is 443 g/mol. The van der Waals surface area contributed by atoms with Crippen LogP contribution in [0.4, 0.5) is 5.69 Å². The Labute approximate surface area is 159 Å². The highest BCUT2D eigenvalue weighted by molar-refractivity contribution is 14.0. The molecule has 6 nitrogen and oxygen atoms in total. The van der Waals surface area contributed by atoms with Crippen molar-refractivity contribution in [3.8, 4) is 17.2 Å². The summed E-state index contributed by atoms with van der Waals surface area (Å²) >= 11 is 0. The van der Waals surface area contributed by atoms with E-state index in [1.165, 1.54) is 0 Å². The Morgan fingerprint density at radius 1 is 1.04 bits per heavy atom. The third-order valence-corrected chi connectivity index (χ3v) is 3.25. The minimum absolute atomic E-state index is 0. The zero-order valence-electron chi connectivity index (χ0n) is 13.9. The lowest BCUT2D eigenvalue weighted by Gasteiger charge is -2.11. The number of methoxy groups -OCH3 is 3. The van der Waals surface area contributed by atoms with Crippen molar-refractivity contribution in [2.45, 2.75) is 6.54 Å². The first kappa shape index (κ1) is 19.9. The molecule has 24 heavy (non-hydrogen) atoms. The standard InChI is InChI=1S/C17H21N3O3.HI/c1-21-14-8-5-7-13(10-14)20-17(18)19-11-12-6-4-9-15(22-2)16(12)23-3;/h4-10H,11H2,1-3H3,(H3,18,19,20);1H. The number of nitrogens with zero attached hydrogens (tertiary/aromatic N) is 1. The normalized spacial score (nSPS) is 10.5. The molecule has 2 aromatic rings. The number of aliphatic imine (C=N–C) groups is 1. The van der Waals surface area contributed by atoms with E-state index in [0.29, 0.717) is 24.0 Å². The first-order chi connectivity index (χ1) is 11.2. The summed E-state index contributed by atoms with van der Waals surface area (Å²) in [5.74, 6) is 2.38. The summed E-state index contributed by atoms with van der Waals surface area (Å²) in [5.41, 5.74) is 7.63. The van der Waals surface area contributed by atoms with Gasteiger partial charge in [-0.3, -0.25) is 0 Å². The van der Waals surface area contributed by atoms with Gasteiger partial charge in [-0.2, -0.15) is 0 Å². The number of para-hydroxylation sites is 1. The fraction of sp³-hybridized carbons (Fsp3) is 0.235. The van der Waals surface area contributed by atoms with E-state index < -0.39 is 0 Å². The van der Waals surface area contributed by atoms with Gasteiger partial charge in [0.25, 0.3) is 0 Å². The maximum absolute atomic E-state index is 5.93. The van der Waals surface area contributed by atoms with Crippen molar-refractivity contribution in [1.82, 2.24) is 0 Å². The van der Waals surface area contributed by atoms with Crippen molar-refractivity contribution in [2.24, 2.45) is 10.7 Å². The Hall–Kier alpha value is -2.16. The lowest BCUT2D eigenvalue weighted by molar-refractivity contribution is 0.352. The van der Waals surface area contributed by atoms with Gasteiger partial charge in [0.1, 0.15) is 5.75 Å². The van der Waals surface area contributed by atoms with Crippen LogP contribution in [0.15, 0.2) is 47.5 Å². The van der Waals surface area contributed by atoms with Gasteiger partial charge in [-0.1, -0.05) is 18.2 Å². The van der Waals surface area contributed by atoms with Gasteiger partial charge in [0, 0.05) is 17.3 Å². The molecule has 0 aromatic heterocycles. The molecule has 0 aliphatic carbocycles.